The van der Waals surface area contributed by atoms with Crippen LogP contribution >= 0.6 is 0 Å². The summed E-state index contributed by atoms with van der Waals surface area (Å²) in [6.07, 6.45) is 4.26. The van der Waals surface area contributed by atoms with Crippen LogP contribution in [0, 0.1) is 0 Å². The summed E-state index contributed by atoms with van der Waals surface area (Å²) in [5.41, 5.74) is 3.86. The van der Waals surface area contributed by atoms with E-state index in [4.69, 9.17) is 4.74 Å². The molecule has 2 aliphatic rings. The summed E-state index contributed by atoms with van der Waals surface area (Å²) in [4.78, 5) is 0. The van der Waals surface area contributed by atoms with Gasteiger partial charge < -0.3 is 10.1 Å². The van der Waals surface area contributed by atoms with Crippen molar-refractivity contribution >= 4 is 0 Å². The maximum absolute atomic E-state index is 5.99. The first-order chi connectivity index (χ1) is 8.83. The fourth-order valence-electron chi connectivity index (χ4n) is 2.21. The van der Waals surface area contributed by atoms with Gasteiger partial charge in [-0.1, -0.05) is 32.0 Å². The Balaban J connectivity index is 0.000000574. The number of hydrogen-bond acceptors (Lipinski definition) is 2. The molecule has 18 heavy (non-hydrogen) atoms. The molecule has 2 heterocycles. The molecule has 0 spiro atoms. The van der Waals surface area contributed by atoms with Gasteiger partial charge in [-0.2, -0.15) is 0 Å². The number of para-hydroxylation sites is 1. The summed E-state index contributed by atoms with van der Waals surface area (Å²) in [5, 5.41) is 3.36. The first-order valence-electron chi connectivity index (χ1n) is 6.73. The Kier molecular flexibility index (Phi) is 4.08. The molecule has 0 saturated heterocycles. The first-order valence-corrected chi connectivity index (χ1v) is 6.73. The minimum atomic E-state index is 0.922. The molecule has 0 aliphatic carbocycles. The highest BCUT2D eigenvalue weighted by Crippen LogP contribution is 2.30. The number of dihydropyridines is 1. The Hall–Kier alpha value is -1.70. The molecule has 0 saturated carbocycles. The van der Waals surface area contributed by atoms with Crippen molar-refractivity contribution in [2.45, 2.75) is 33.6 Å². The molecule has 0 fully saturated rings. The molecule has 3 rings (SSSR count). The first kappa shape index (κ1) is 12.7. The van der Waals surface area contributed by atoms with E-state index < -0.39 is 0 Å². The summed E-state index contributed by atoms with van der Waals surface area (Å²) in [7, 11) is 0. The number of benzene rings is 1. The lowest BCUT2D eigenvalue weighted by Gasteiger charge is -2.18. The van der Waals surface area contributed by atoms with E-state index in [2.05, 4.69) is 36.5 Å². The van der Waals surface area contributed by atoms with Crippen LogP contribution in [-0.2, 0) is 6.42 Å². The number of allylic oxidation sites excluding steroid dienone is 2. The molecule has 0 aromatic heterocycles. The lowest BCUT2D eigenvalue weighted by molar-refractivity contribution is 0.431. The Morgan fingerprint density at radius 3 is 2.72 bits per heavy atom. The molecule has 0 unspecified atom stereocenters. The second-order valence-corrected chi connectivity index (χ2v) is 4.36. The zero-order chi connectivity index (χ0) is 13.0. The molecule has 0 atom stereocenters. The van der Waals surface area contributed by atoms with Crippen LogP contribution in [0.4, 0.5) is 0 Å². The van der Waals surface area contributed by atoms with Crippen molar-refractivity contribution < 1.29 is 4.74 Å². The van der Waals surface area contributed by atoms with Gasteiger partial charge in [0.2, 0.25) is 0 Å². The zero-order valence-corrected chi connectivity index (χ0v) is 11.4. The molecule has 0 amide bonds. The maximum Gasteiger partial charge on any atom is 0.130 e. The minimum absolute atomic E-state index is 0.922. The second-order valence-electron chi connectivity index (χ2n) is 4.36. The van der Waals surface area contributed by atoms with E-state index in [-0.39, 0.29) is 0 Å². The molecule has 1 aromatic rings. The molecule has 2 aliphatic heterocycles. The fraction of sp³-hybridized carbons (Fsp3) is 0.375. The van der Waals surface area contributed by atoms with Crippen molar-refractivity contribution in [3.05, 3.63) is 52.9 Å². The Labute approximate surface area is 109 Å². The number of fused-ring (bicyclic) bond motifs is 1. The minimum Gasteiger partial charge on any atom is -0.457 e. The van der Waals surface area contributed by atoms with E-state index in [1.165, 1.54) is 16.8 Å². The third kappa shape index (κ3) is 2.58. The van der Waals surface area contributed by atoms with Gasteiger partial charge in [-0.25, -0.2) is 0 Å². The van der Waals surface area contributed by atoms with Crippen molar-refractivity contribution in [1.29, 1.82) is 0 Å². The predicted molar refractivity (Wildman–Crippen MR) is 75.5 cm³/mol. The maximum atomic E-state index is 5.99. The number of rotatable bonds is 0. The highest BCUT2D eigenvalue weighted by atomic mass is 16.5. The van der Waals surface area contributed by atoms with Crippen LogP contribution in [0.15, 0.2) is 47.4 Å². The van der Waals surface area contributed by atoms with Gasteiger partial charge >= 0.3 is 0 Å². The average molecular weight is 243 g/mol. The predicted octanol–water partition coefficient (Wildman–Crippen LogP) is 3.80. The normalized spacial score (nSPS) is 16.9. The summed E-state index contributed by atoms with van der Waals surface area (Å²) in [6, 6.07) is 8.31. The fourth-order valence-corrected chi connectivity index (χ4v) is 2.21. The molecule has 0 radical (unpaired) electrons. The summed E-state index contributed by atoms with van der Waals surface area (Å²) in [5.74, 6) is 2.06. The van der Waals surface area contributed by atoms with Crippen molar-refractivity contribution in [2.24, 2.45) is 0 Å². The highest BCUT2D eigenvalue weighted by Gasteiger charge is 2.18. The molecular formula is C16H21NO. The molecule has 96 valence electrons. The molecular weight excluding hydrogens is 222 g/mol. The SMILES string of the molecule is CC.CC1=CC2=C(CCc3ccccc3O2)CN1. The Morgan fingerprint density at radius 2 is 1.89 bits per heavy atom. The molecule has 1 N–H and O–H groups in total. The van der Waals surface area contributed by atoms with Crippen LogP contribution in [-0.4, -0.2) is 6.54 Å². The largest absolute Gasteiger partial charge is 0.457 e. The van der Waals surface area contributed by atoms with Gasteiger partial charge in [-0.3, -0.25) is 0 Å². The summed E-state index contributed by atoms with van der Waals surface area (Å²) in [6.45, 7) is 7.00. The van der Waals surface area contributed by atoms with Crippen molar-refractivity contribution in [3.8, 4) is 5.75 Å². The van der Waals surface area contributed by atoms with Gasteiger partial charge in [0, 0.05) is 12.2 Å². The zero-order valence-electron chi connectivity index (χ0n) is 11.4. The van der Waals surface area contributed by atoms with E-state index >= 15 is 0 Å². The van der Waals surface area contributed by atoms with E-state index in [9.17, 15) is 0 Å². The van der Waals surface area contributed by atoms with E-state index in [1.54, 1.807) is 0 Å². The van der Waals surface area contributed by atoms with E-state index in [0.717, 1.165) is 30.9 Å². The van der Waals surface area contributed by atoms with E-state index in [1.807, 2.05) is 19.9 Å². The van der Waals surface area contributed by atoms with E-state index in [0.29, 0.717) is 0 Å². The molecule has 2 nitrogen and oxygen atoms in total. The second kappa shape index (κ2) is 5.76. The van der Waals surface area contributed by atoms with Crippen molar-refractivity contribution in [1.82, 2.24) is 5.32 Å². The lowest BCUT2D eigenvalue weighted by Crippen LogP contribution is -2.21. The third-order valence-electron chi connectivity index (χ3n) is 3.17. The standard InChI is InChI=1S/C14H15NO.C2H6/c1-10-8-14-12(9-15-10)7-6-11-4-2-3-5-13(11)16-14;1-2/h2-5,8,15H,6-7,9H2,1H3;1-2H3. The molecule has 1 aromatic carbocycles. The van der Waals surface area contributed by atoms with Gasteiger partial charge in [-0.15, -0.1) is 0 Å². The van der Waals surface area contributed by atoms with Crippen LogP contribution in [0.5, 0.6) is 5.75 Å². The highest BCUT2D eigenvalue weighted by molar-refractivity contribution is 5.41. The summed E-state index contributed by atoms with van der Waals surface area (Å²) < 4.78 is 5.99. The molecule has 2 heteroatoms. The van der Waals surface area contributed by atoms with Crippen LogP contribution < -0.4 is 10.1 Å². The number of hydrogen-bond donors (Lipinski definition) is 1. The Morgan fingerprint density at radius 1 is 1.11 bits per heavy atom. The number of ether oxygens (including phenoxy) is 1. The number of aryl methyl sites for hydroxylation is 1. The molecule has 0 bridgehead atoms. The van der Waals surface area contributed by atoms with Crippen LogP contribution in [0.25, 0.3) is 0 Å². The topological polar surface area (TPSA) is 21.3 Å². The van der Waals surface area contributed by atoms with Crippen LogP contribution in [0.3, 0.4) is 0 Å². The van der Waals surface area contributed by atoms with Gasteiger partial charge in [0.05, 0.1) is 0 Å². The van der Waals surface area contributed by atoms with Gasteiger partial charge in [0.25, 0.3) is 0 Å². The average Bonchev–Trinajstić information content (AvgIpc) is 2.59. The monoisotopic (exact) mass is 243 g/mol. The number of nitrogens with one attached hydrogen (secondary N) is 1. The van der Waals surface area contributed by atoms with Crippen molar-refractivity contribution in [3.63, 3.8) is 0 Å². The van der Waals surface area contributed by atoms with Crippen LogP contribution in [0.1, 0.15) is 32.8 Å². The third-order valence-corrected chi connectivity index (χ3v) is 3.17. The summed E-state index contributed by atoms with van der Waals surface area (Å²) >= 11 is 0. The smallest absolute Gasteiger partial charge is 0.130 e. The Bertz CT molecular complexity index is 486. The van der Waals surface area contributed by atoms with Crippen molar-refractivity contribution in [2.75, 3.05) is 6.54 Å². The van der Waals surface area contributed by atoms with Gasteiger partial charge in [-0.05, 0) is 43.0 Å². The van der Waals surface area contributed by atoms with Gasteiger partial charge in [0.15, 0.2) is 0 Å². The van der Waals surface area contributed by atoms with Gasteiger partial charge in [0.1, 0.15) is 11.5 Å². The lowest BCUT2D eigenvalue weighted by atomic mass is 10.0. The quantitative estimate of drug-likeness (QED) is 0.748. The van der Waals surface area contributed by atoms with Crippen LogP contribution in [0.2, 0.25) is 0 Å².